The van der Waals surface area contributed by atoms with Crippen LogP contribution in [0.15, 0.2) is 59.7 Å². The molecule has 0 saturated carbocycles. The number of aromatic hydroxyl groups is 1. The first-order chi connectivity index (χ1) is 12.1. The molecule has 1 aromatic heterocycles. The molecule has 0 bridgehead atoms. The third-order valence-electron chi connectivity index (χ3n) is 3.75. The molecule has 2 aromatic carbocycles. The number of nitrogens with zero attached hydrogens (tertiary/aromatic N) is 2. The first-order valence-corrected chi connectivity index (χ1v) is 7.66. The number of aromatic nitrogens is 1. The van der Waals surface area contributed by atoms with Crippen LogP contribution in [0.2, 0.25) is 0 Å². The van der Waals surface area contributed by atoms with Crippen molar-refractivity contribution in [3.8, 4) is 11.5 Å². The van der Waals surface area contributed by atoms with Crippen molar-refractivity contribution in [1.82, 2.24) is 10.4 Å². The molecule has 0 spiro atoms. The predicted octanol–water partition coefficient (Wildman–Crippen LogP) is 3.10. The van der Waals surface area contributed by atoms with Crippen molar-refractivity contribution in [2.75, 3.05) is 7.11 Å². The fraction of sp³-hybridized carbons (Fsp3) is 0.105. The molecular formula is C19H17N3O3. The highest BCUT2D eigenvalue weighted by Gasteiger charge is 2.10. The fourth-order valence-electron chi connectivity index (χ4n) is 2.39. The summed E-state index contributed by atoms with van der Waals surface area (Å²) in [6.45, 7) is 1.69. The molecule has 0 atom stereocenters. The van der Waals surface area contributed by atoms with Crippen LogP contribution in [0.5, 0.6) is 11.5 Å². The normalized spacial score (nSPS) is 11.4. The van der Waals surface area contributed by atoms with Gasteiger partial charge in [-0.3, -0.25) is 4.79 Å². The number of phenolic OH excluding ortho intramolecular Hbond substituents is 1. The largest absolute Gasteiger partial charge is 0.507 e. The summed E-state index contributed by atoms with van der Waals surface area (Å²) >= 11 is 0. The lowest BCUT2D eigenvalue weighted by Crippen LogP contribution is -2.20. The Morgan fingerprint density at radius 1 is 1.16 bits per heavy atom. The summed E-state index contributed by atoms with van der Waals surface area (Å²) < 4.78 is 5.04. The van der Waals surface area contributed by atoms with Crippen LogP contribution in [0.3, 0.4) is 0 Å². The minimum atomic E-state index is -0.418. The first kappa shape index (κ1) is 16.4. The van der Waals surface area contributed by atoms with Crippen molar-refractivity contribution in [3.63, 3.8) is 0 Å². The van der Waals surface area contributed by atoms with E-state index < -0.39 is 5.91 Å². The summed E-state index contributed by atoms with van der Waals surface area (Å²) in [6.07, 6.45) is 0. The number of pyridine rings is 1. The number of ether oxygens (including phenoxy) is 1. The van der Waals surface area contributed by atoms with Gasteiger partial charge in [-0.05, 0) is 31.2 Å². The van der Waals surface area contributed by atoms with Crippen molar-refractivity contribution in [2.45, 2.75) is 6.92 Å². The van der Waals surface area contributed by atoms with E-state index in [1.807, 2.05) is 30.3 Å². The van der Waals surface area contributed by atoms with Gasteiger partial charge in [0.05, 0.1) is 18.3 Å². The topological polar surface area (TPSA) is 83.8 Å². The van der Waals surface area contributed by atoms with Crippen LogP contribution in [0.4, 0.5) is 0 Å². The number of rotatable bonds is 4. The van der Waals surface area contributed by atoms with Gasteiger partial charge in [0.2, 0.25) is 0 Å². The smallest absolute Gasteiger partial charge is 0.289 e. The van der Waals surface area contributed by atoms with Crippen molar-refractivity contribution in [1.29, 1.82) is 0 Å². The number of phenols is 1. The van der Waals surface area contributed by atoms with Gasteiger partial charge in [-0.25, -0.2) is 10.4 Å². The number of fused-ring (bicyclic) bond motifs is 1. The summed E-state index contributed by atoms with van der Waals surface area (Å²) in [4.78, 5) is 16.6. The molecule has 6 heteroatoms. The molecule has 1 amide bonds. The number of methoxy groups -OCH3 is 1. The van der Waals surface area contributed by atoms with Crippen molar-refractivity contribution in [3.05, 3.63) is 65.9 Å². The van der Waals surface area contributed by atoms with Crippen molar-refractivity contribution >= 4 is 22.5 Å². The maximum absolute atomic E-state index is 12.2. The lowest BCUT2D eigenvalue weighted by molar-refractivity contribution is 0.0950. The average molecular weight is 335 g/mol. The Balaban J connectivity index is 1.78. The molecular weight excluding hydrogens is 318 g/mol. The number of hydrazone groups is 1. The fourth-order valence-corrected chi connectivity index (χ4v) is 2.39. The third-order valence-corrected chi connectivity index (χ3v) is 3.75. The van der Waals surface area contributed by atoms with E-state index >= 15 is 0 Å². The second kappa shape index (κ2) is 7.00. The van der Waals surface area contributed by atoms with Crippen LogP contribution in [0.25, 0.3) is 10.9 Å². The maximum atomic E-state index is 12.2. The van der Waals surface area contributed by atoms with Crippen LogP contribution >= 0.6 is 0 Å². The zero-order valence-corrected chi connectivity index (χ0v) is 13.9. The van der Waals surface area contributed by atoms with E-state index in [1.165, 1.54) is 13.2 Å². The number of carbonyl (C=O) groups is 1. The molecule has 6 nitrogen and oxygen atoms in total. The van der Waals surface area contributed by atoms with Crippen LogP contribution in [-0.4, -0.2) is 28.8 Å². The quantitative estimate of drug-likeness (QED) is 0.567. The third kappa shape index (κ3) is 3.58. The Labute approximate surface area is 144 Å². The number of benzene rings is 2. The lowest BCUT2D eigenvalue weighted by atomic mass is 10.1. The van der Waals surface area contributed by atoms with E-state index in [2.05, 4.69) is 15.5 Å². The number of hydrogen-bond donors (Lipinski definition) is 2. The Bertz CT molecular complexity index is 967. The summed E-state index contributed by atoms with van der Waals surface area (Å²) in [6, 6.07) is 15.9. The zero-order chi connectivity index (χ0) is 17.8. The molecule has 3 aromatic rings. The SMILES string of the molecule is COc1ccc(/C(C)=N/NC(=O)c2ccc3ccccc3n2)c(O)c1. The highest BCUT2D eigenvalue weighted by molar-refractivity contribution is 6.02. The second-order valence-corrected chi connectivity index (χ2v) is 5.41. The van der Waals surface area contributed by atoms with Gasteiger partial charge in [0, 0.05) is 17.0 Å². The van der Waals surface area contributed by atoms with Crippen molar-refractivity contribution in [2.24, 2.45) is 5.10 Å². The van der Waals surface area contributed by atoms with Gasteiger partial charge in [0.15, 0.2) is 0 Å². The second-order valence-electron chi connectivity index (χ2n) is 5.41. The first-order valence-electron chi connectivity index (χ1n) is 7.66. The number of hydrogen-bond acceptors (Lipinski definition) is 5. The number of nitrogens with one attached hydrogen (secondary N) is 1. The minimum Gasteiger partial charge on any atom is -0.507 e. The number of carbonyl (C=O) groups excluding carboxylic acids is 1. The summed E-state index contributed by atoms with van der Waals surface area (Å²) in [5, 5.41) is 15.0. The average Bonchev–Trinajstić information content (AvgIpc) is 2.65. The highest BCUT2D eigenvalue weighted by Crippen LogP contribution is 2.23. The summed E-state index contributed by atoms with van der Waals surface area (Å²) in [7, 11) is 1.52. The molecule has 0 unspecified atom stereocenters. The Morgan fingerprint density at radius 3 is 2.72 bits per heavy atom. The predicted molar refractivity (Wildman–Crippen MR) is 96.1 cm³/mol. The Hall–Kier alpha value is -3.41. The molecule has 126 valence electrons. The molecule has 25 heavy (non-hydrogen) atoms. The Morgan fingerprint density at radius 2 is 1.96 bits per heavy atom. The van der Waals surface area contributed by atoms with Crippen molar-refractivity contribution < 1.29 is 14.6 Å². The van der Waals surface area contributed by atoms with E-state index in [4.69, 9.17) is 4.74 Å². The summed E-state index contributed by atoms with van der Waals surface area (Å²) in [5.74, 6) is 0.148. The van der Waals surface area contributed by atoms with Gasteiger partial charge < -0.3 is 9.84 Å². The minimum absolute atomic E-state index is 0.0266. The Kier molecular flexibility index (Phi) is 4.61. The molecule has 2 N–H and O–H groups in total. The molecule has 0 radical (unpaired) electrons. The zero-order valence-electron chi connectivity index (χ0n) is 13.9. The van der Waals surface area contributed by atoms with Crippen LogP contribution in [0.1, 0.15) is 23.0 Å². The standard InChI is InChI=1S/C19H17N3O3/c1-12(15-9-8-14(25-2)11-18(15)23)21-22-19(24)17-10-7-13-5-3-4-6-16(13)20-17/h3-11,23H,1-2H3,(H,22,24)/b21-12+. The van der Waals surface area contributed by atoms with E-state index in [0.29, 0.717) is 17.0 Å². The molecule has 0 fully saturated rings. The van der Waals surface area contributed by atoms with Gasteiger partial charge in [-0.1, -0.05) is 24.3 Å². The van der Waals surface area contributed by atoms with E-state index in [1.54, 1.807) is 25.1 Å². The van der Waals surface area contributed by atoms with Gasteiger partial charge >= 0.3 is 0 Å². The number of para-hydroxylation sites is 1. The molecule has 0 aliphatic rings. The molecule has 0 aliphatic carbocycles. The maximum Gasteiger partial charge on any atom is 0.289 e. The number of amides is 1. The molecule has 0 aliphatic heterocycles. The molecule has 1 heterocycles. The van der Waals surface area contributed by atoms with Gasteiger partial charge in [0.1, 0.15) is 17.2 Å². The highest BCUT2D eigenvalue weighted by atomic mass is 16.5. The summed E-state index contributed by atoms with van der Waals surface area (Å²) in [5.41, 5.74) is 4.45. The van der Waals surface area contributed by atoms with Crippen LogP contribution in [0, 0.1) is 0 Å². The van der Waals surface area contributed by atoms with Gasteiger partial charge in [0.25, 0.3) is 5.91 Å². The molecule has 3 rings (SSSR count). The van der Waals surface area contributed by atoms with E-state index in [0.717, 1.165) is 10.9 Å². The van der Waals surface area contributed by atoms with E-state index in [-0.39, 0.29) is 11.4 Å². The lowest BCUT2D eigenvalue weighted by Gasteiger charge is -2.07. The van der Waals surface area contributed by atoms with E-state index in [9.17, 15) is 9.90 Å². The van der Waals surface area contributed by atoms with Crippen LogP contribution < -0.4 is 10.2 Å². The monoisotopic (exact) mass is 335 g/mol. The van der Waals surface area contributed by atoms with Gasteiger partial charge in [-0.15, -0.1) is 0 Å². The molecule has 0 saturated heterocycles. The van der Waals surface area contributed by atoms with Gasteiger partial charge in [-0.2, -0.15) is 5.10 Å². The van der Waals surface area contributed by atoms with Crippen LogP contribution in [-0.2, 0) is 0 Å².